The van der Waals surface area contributed by atoms with Crippen LogP contribution in [0.25, 0.3) is 0 Å². The number of alkyl carbamates (subject to hydrolysis) is 1. The normalized spacial score (nSPS) is 9.71. The summed E-state index contributed by atoms with van der Waals surface area (Å²) in [6, 6.07) is 0. The van der Waals surface area contributed by atoms with Crippen LogP contribution in [0.15, 0.2) is 0 Å². The molecule has 0 radical (unpaired) electrons. The van der Waals surface area contributed by atoms with E-state index in [4.69, 9.17) is 20.8 Å². The van der Waals surface area contributed by atoms with Crippen molar-refractivity contribution in [2.75, 3.05) is 6.54 Å². The molecule has 0 aliphatic heterocycles. The van der Waals surface area contributed by atoms with E-state index in [-0.39, 0.29) is 12.8 Å². The average Bonchev–Trinajstić information content (AvgIpc) is 2.32. The van der Waals surface area contributed by atoms with E-state index in [1.54, 1.807) is 20.8 Å². The van der Waals surface area contributed by atoms with Gasteiger partial charge in [-0.05, 0) is 20.8 Å². The predicted molar refractivity (Wildman–Crippen MR) is 70.2 cm³/mol. The van der Waals surface area contributed by atoms with Gasteiger partial charge in [0.1, 0.15) is 12.1 Å². The second-order valence-electron chi connectivity index (χ2n) is 4.75. The van der Waals surface area contributed by atoms with Gasteiger partial charge in [0.25, 0.3) is 0 Å². The Morgan fingerprint density at radius 2 is 1.67 bits per heavy atom. The van der Waals surface area contributed by atoms with Crippen LogP contribution in [0.2, 0.25) is 0 Å². The maximum atomic E-state index is 10.8. The third-order valence-electron chi connectivity index (χ3n) is 1.51. The van der Waals surface area contributed by atoms with Gasteiger partial charge in [0.05, 0.1) is 0 Å². The Labute approximate surface area is 121 Å². The molecule has 0 aliphatic carbocycles. The van der Waals surface area contributed by atoms with E-state index >= 15 is 0 Å². The lowest BCUT2D eigenvalue weighted by molar-refractivity contribution is -0.136. The Kier molecular flexibility index (Phi) is 10.4. The molecule has 0 unspecified atom stereocenters. The zero-order valence-electron chi connectivity index (χ0n) is 12.1. The smallest absolute Gasteiger partial charge is 0.408 e. The van der Waals surface area contributed by atoms with Gasteiger partial charge in [-0.1, -0.05) is 0 Å². The van der Waals surface area contributed by atoms with Gasteiger partial charge in [-0.15, -0.1) is 0 Å². The van der Waals surface area contributed by atoms with E-state index in [1.807, 2.05) is 0 Å². The number of aliphatic carboxylic acids is 1. The van der Waals surface area contributed by atoms with Crippen LogP contribution in [0.3, 0.4) is 0 Å². The minimum atomic E-state index is -1.10. The fourth-order valence-corrected chi connectivity index (χ4v) is 0.755. The van der Waals surface area contributed by atoms with Crippen LogP contribution in [0.4, 0.5) is 4.79 Å². The van der Waals surface area contributed by atoms with Crippen molar-refractivity contribution in [3.63, 3.8) is 0 Å². The third-order valence-corrected chi connectivity index (χ3v) is 1.51. The van der Waals surface area contributed by atoms with E-state index in [0.29, 0.717) is 0 Å². The summed E-state index contributed by atoms with van der Waals surface area (Å²) in [5.74, 6) is -2.26. The number of hydrogen-bond donors (Lipinski definition) is 5. The Balaban J connectivity index is 0. The zero-order chi connectivity index (χ0) is 17.1. The van der Waals surface area contributed by atoms with Crippen molar-refractivity contribution in [2.45, 2.75) is 39.2 Å². The van der Waals surface area contributed by atoms with Gasteiger partial charge >= 0.3 is 12.1 Å². The second kappa shape index (κ2) is 10.4. The number of carboxylic acid groups (broad SMARTS) is 1. The molecule has 0 rings (SSSR count). The monoisotopic (exact) mass is 307 g/mol. The van der Waals surface area contributed by atoms with Gasteiger partial charge in [-0.2, -0.15) is 0 Å². The highest BCUT2D eigenvalue weighted by Gasteiger charge is 2.16. The minimum Gasteiger partial charge on any atom is -0.480 e. The lowest BCUT2D eigenvalue weighted by Crippen LogP contribution is -2.35. The van der Waals surface area contributed by atoms with Crippen LogP contribution in [0, 0.1) is 0 Å². The molecule has 0 fully saturated rings. The Bertz CT molecular complexity index is 377. The van der Waals surface area contributed by atoms with E-state index in [0.717, 1.165) is 0 Å². The molecule has 0 aromatic heterocycles. The van der Waals surface area contributed by atoms with Gasteiger partial charge in [0.15, 0.2) is 0 Å². The van der Waals surface area contributed by atoms with E-state index < -0.39 is 36.0 Å². The summed E-state index contributed by atoms with van der Waals surface area (Å²) >= 11 is 0. The highest BCUT2D eigenvalue weighted by molar-refractivity contribution is 5.82. The number of hydroxylamine groups is 1. The number of primary amides is 1. The van der Waals surface area contributed by atoms with Gasteiger partial charge in [0.2, 0.25) is 11.8 Å². The minimum absolute atomic E-state index is 0.0353. The summed E-state index contributed by atoms with van der Waals surface area (Å²) < 4.78 is 4.77. The van der Waals surface area contributed by atoms with Crippen LogP contribution in [0.5, 0.6) is 0 Å². The van der Waals surface area contributed by atoms with Crippen LogP contribution in [-0.4, -0.2) is 46.3 Å². The Hall–Kier alpha value is -2.36. The number of rotatable bonds is 5. The number of amides is 3. The number of hydrogen-bond acceptors (Lipinski definition) is 6. The molecule has 0 aromatic carbocycles. The number of carbonyl (C=O) groups excluding carboxylic acids is 3. The van der Waals surface area contributed by atoms with Crippen LogP contribution < -0.4 is 16.5 Å². The topological polar surface area (TPSA) is 168 Å². The maximum Gasteiger partial charge on any atom is 0.408 e. The van der Waals surface area contributed by atoms with E-state index in [9.17, 15) is 19.2 Å². The number of nitrogens with one attached hydrogen (secondary N) is 2. The molecule has 122 valence electrons. The van der Waals surface area contributed by atoms with Crippen molar-refractivity contribution in [1.82, 2.24) is 10.8 Å². The predicted octanol–water partition coefficient (Wildman–Crippen LogP) is -0.647. The van der Waals surface area contributed by atoms with Crippen molar-refractivity contribution in [3.8, 4) is 0 Å². The summed E-state index contributed by atoms with van der Waals surface area (Å²) in [5.41, 5.74) is 5.47. The molecule has 0 aliphatic rings. The summed E-state index contributed by atoms with van der Waals surface area (Å²) in [6.45, 7) is 4.68. The standard InChI is InChI=1S/C7H13NO4.C4H8N2O3/c1-7(2,3)12-6(11)8-4-5(9)10;5-3(7)1-2-4(8)6-9/h4H2,1-3H3,(H,8,11)(H,9,10);9H,1-2H2,(H2,5,7)(H,6,8). The second-order valence-corrected chi connectivity index (χ2v) is 4.75. The number of carbonyl (C=O) groups is 4. The molecule has 0 saturated heterocycles. The van der Waals surface area contributed by atoms with Gasteiger partial charge in [0, 0.05) is 12.8 Å². The molecule has 0 atom stereocenters. The Morgan fingerprint density at radius 1 is 1.14 bits per heavy atom. The largest absolute Gasteiger partial charge is 0.480 e. The molecular weight excluding hydrogens is 286 g/mol. The molecule has 0 spiro atoms. The molecule has 0 heterocycles. The molecule has 0 aromatic rings. The van der Waals surface area contributed by atoms with Crippen molar-refractivity contribution in [2.24, 2.45) is 5.73 Å². The summed E-state index contributed by atoms with van der Waals surface area (Å²) in [7, 11) is 0. The third kappa shape index (κ3) is 20.1. The van der Waals surface area contributed by atoms with Crippen molar-refractivity contribution >= 4 is 23.9 Å². The molecule has 10 heteroatoms. The summed E-state index contributed by atoms with van der Waals surface area (Å²) in [5, 5.41) is 18.2. The SMILES string of the molecule is CC(C)(C)OC(=O)NCC(=O)O.NC(=O)CCC(=O)NO. The van der Waals surface area contributed by atoms with E-state index in [2.05, 4.69) is 5.32 Å². The summed E-state index contributed by atoms with van der Waals surface area (Å²) in [6.07, 6.45) is -0.817. The fourth-order valence-electron chi connectivity index (χ4n) is 0.755. The first kappa shape index (κ1) is 20.9. The molecule has 3 amide bonds. The molecule has 0 saturated carbocycles. The molecule has 6 N–H and O–H groups in total. The molecule has 0 bridgehead atoms. The zero-order valence-corrected chi connectivity index (χ0v) is 12.1. The number of nitrogens with two attached hydrogens (primary N) is 1. The molecule has 10 nitrogen and oxygen atoms in total. The lowest BCUT2D eigenvalue weighted by Gasteiger charge is -2.19. The number of ether oxygens (including phenoxy) is 1. The van der Waals surface area contributed by atoms with Crippen LogP contribution in [-0.2, 0) is 19.1 Å². The number of carboxylic acids is 1. The highest BCUT2D eigenvalue weighted by atomic mass is 16.6. The molecule has 21 heavy (non-hydrogen) atoms. The van der Waals surface area contributed by atoms with E-state index in [1.165, 1.54) is 5.48 Å². The first-order chi connectivity index (χ1) is 9.47. The first-order valence-electron chi connectivity index (χ1n) is 5.87. The van der Waals surface area contributed by atoms with Gasteiger partial charge in [-0.3, -0.25) is 19.6 Å². The highest BCUT2D eigenvalue weighted by Crippen LogP contribution is 2.05. The average molecular weight is 307 g/mol. The Morgan fingerprint density at radius 3 is 2.00 bits per heavy atom. The first-order valence-corrected chi connectivity index (χ1v) is 5.87. The maximum absolute atomic E-state index is 10.8. The fraction of sp³-hybridized carbons (Fsp3) is 0.636. The van der Waals surface area contributed by atoms with Crippen LogP contribution in [0.1, 0.15) is 33.6 Å². The van der Waals surface area contributed by atoms with Gasteiger partial charge in [-0.25, -0.2) is 10.3 Å². The van der Waals surface area contributed by atoms with Crippen molar-refractivity contribution in [3.05, 3.63) is 0 Å². The lowest BCUT2D eigenvalue weighted by atomic mass is 10.2. The molecular formula is C11H21N3O7. The van der Waals surface area contributed by atoms with Crippen molar-refractivity contribution < 1.29 is 34.2 Å². The quantitative estimate of drug-likeness (QED) is 0.332. The summed E-state index contributed by atoms with van der Waals surface area (Å²) in [4.78, 5) is 40.9. The van der Waals surface area contributed by atoms with Crippen LogP contribution >= 0.6 is 0 Å². The van der Waals surface area contributed by atoms with Gasteiger partial charge < -0.3 is 20.9 Å². The van der Waals surface area contributed by atoms with Crippen molar-refractivity contribution in [1.29, 1.82) is 0 Å².